The molecule has 1 saturated heterocycles. The van der Waals surface area contributed by atoms with Gasteiger partial charge in [0.1, 0.15) is 6.10 Å². The van der Waals surface area contributed by atoms with Crippen molar-refractivity contribution in [1.29, 1.82) is 0 Å². The van der Waals surface area contributed by atoms with Gasteiger partial charge in [-0.2, -0.15) is 0 Å². The highest BCUT2D eigenvalue weighted by Crippen LogP contribution is 2.57. The summed E-state index contributed by atoms with van der Waals surface area (Å²) in [5.41, 5.74) is 0.0463. The molecule has 1 heterocycles. The molecule has 2 bridgehead atoms. The Labute approximate surface area is 105 Å². The van der Waals surface area contributed by atoms with Crippen molar-refractivity contribution >= 4 is 11.9 Å². The Balaban J connectivity index is 1.63. The van der Waals surface area contributed by atoms with E-state index in [1.807, 2.05) is 0 Å². The van der Waals surface area contributed by atoms with Crippen LogP contribution in [-0.2, 0) is 19.1 Å². The minimum absolute atomic E-state index is 0.0463. The van der Waals surface area contributed by atoms with Crippen molar-refractivity contribution in [2.75, 3.05) is 13.2 Å². The molecule has 3 fully saturated rings. The Morgan fingerprint density at radius 3 is 3.00 bits per heavy atom. The number of fused-ring (bicyclic) bond motifs is 1. The Bertz CT molecular complexity index is 414. The molecule has 98 valence electrons. The second-order valence-electron chi connectivity index (χ2n) is 5.42. The fraction of sp³-hybridized carbons (Fsp3) is 0.692. The largest absolute Gasteiger partial charge is 0.462 e. The van der Waals surface area contributed by atoms with Crippen LogP contribution in [0.2, 0.25) is 0 Å². The van der Waals surface area contributed by atoms with Crippen LogP contribution in [-0.4, -0.2) is 36.4 Å². The highest BCUT2D eigenvalue weighted by atomic mass is 16.6. The van der Waals surface area contributed by atoms with Crippen LogP contribution in [0.4, 0.5) is 0 Å². The molecule has 0 aromatic rings. The zero-order valence-electron chi connectivity index (χ0n) is 10.0. The fourth-order valence-corrected chi connectivity index (χ4v) is 3.70. The maximum absolute atomic E-state index is 11.7. The van der Waals surface area contributed by atoms with Crippen molar-refractivity contribution < 1.29 is 24.2 Å². The summed E-state index contributed by atoms with van der Waals surface area (Å²) in [5.74, 6) is 0.0229. The highest BCUT2D eigenvalue weighted by Gasteiger charge is 2.62. The van der Waals surface area contributed by atoms with Crippen molar-refractivity contribution in [2.24, 2.45) is 23.7 Å². The molecule has 5 heteroatoms. The van der Waals surface area contributed by atoms with Gasteiger partial charge < -0.3 is 14.6 Å². The lowest BCUT2D eigenvalue weighted by Crippen LogP contribution is -2.30. The number of carbonyl (C=O) groups excluding carboxylic acids is 2. The molecule has 2 aliphatic carbocycles. The van der Waals surface area contributed by atoms with Crippen LogP contribution in [0.1, 0.15) is 12.8 Å². The molecule has 3 aliphatic rings. The topological polar surface area (TPSA) is 72.8 Å². The van der Waals surface area contributed by atoms with E-state index >= 15 is 0 Å². The van der Waals surface area contributed by atoms with Crippen LogP contribution >= 0.6 is 0 Å². The molecule has 0 spiro atoms. The minimum Gasteiger partial charge on any atom is -0.462 e. The molecule has 2 saturated carbocycles. The molecule has 3 rings (SSSR count). The molecule has 5 unspecified atom stereocenters. The van der Waals surface area contributed by atoms with Gasteiger partial charge in [0, 0.05) is 11.8 Å². The number of carbonyl (C=O) groups is 2. The molecule has 5 atom stereocenters. The molecule has 0 radical (unpaired) electrons. The Hall–Kier alpha value is -1.36. The Morgan fingerprint density at radius 2 is 2.28 bits per heavy atom. The SMILES string of the molecule is C=C(CO)C(=O)OCC1C2CC3OC(=O)C1C3C2. The first-order valence-corrected chi connectivity index (χ1v) is 6.28. The van der Waals surface area contributed by atoms with E-state index in [2.05, 4.69) is 6.58 Å². The fourth-order valence-electron chi connectivity index (χ4n) is 3.70. The number of ether oxygens (including phenoxy) is 2. The molecule has 1 aliphatic heterocycles. The van der Waals surface area contributed by atoms with Crippen LogP contribution in [0.3, 0.4) is 0 Å². The summed E-state index contributed by atoms with van der Waals surface area (Å²) in [6.45, 7) is 3.24. The maximum atomic E-state index is 11.7. The third-order valence-corrected chi connectivity index (χ3v) is 4.54. The van der Waals surface area contributed by atoms with E-state index in [0.717, 1.165) is 12.8 Å². The third-order valence-electron chi connectivity index (χ3n) is 4.54. The first-order chi connectivity index (χ1) is 8.61. The van der Waals surface area contributed by atoms with Crippen molar-refractivity contribution in [1.82, 2.24) is 0 Å². The monoisotopic (exact) mass is 252 g/mol. The quantitative estimate of drug-likeness (QED) is 0.574. The van der Waals surface area contributed by atoms with Crippen LogP contribution in [0.5, 0.6) is 0 Å². The van der Waals surface area contributed by atoms with Crippen molar-refractivity contribution in [3.05, 3.63) is 12.2 Å². The van der Waals surface area contributed by atoms with Crippen molar-refractivity contribution in [3.63, 3.8) is 0 Å². The summed E-state index contributed by atoms with van der Waals surface area (Å²) >= 11 is 0. The van der Waals surface area contributed by atoms with Crippen LogP contribution < -0.4 is 0 Å². The van der Waals surface area contributed by atoms with E-state index in [-0.39, 0.29) is 36.1 Å². The Morgan fingerprint density at radius 1 is 1.50 bits per heavy atom. The van der Waals surface area contributed by atoms with E-state index in [0.29, 0.717) is 11.8 Å². The van der Waals surface area contributed by atoms with Crippen molar-refractivity contribution in [2.45, 2.75) is 18.9 Å². The average molecular weight is 252 g/mol. The lowest BCUT2D eigenvalue weighted by Gasteiger charge is -2.24. The summed E-state index contributed by atoms with van der Waals surface area (Å²) in [6.07, 6.45) is 2.01. The zero-order valence-corrected chi connectivity index (χ0v) is 10.0. The smallest absolute Gasteiger partial charge is 0.335 e. The van der Waals surface area contributed by atoms with Crippen LogP contribution in [0, 0.1) is 23.7 Å². The first-order valence-electron chi connectivity index (χ1n) is 6.28. The van der Waals surface area contributed by atoms with Gasteiger partial charge in [-0.05, 0) is 18.8 Å². The number of aliphatic hydroxyl groups excluding tert-OH is 1. The van der Waals surface area contributed by atoms with Crippen LogP contribution in [0.25, 0.3) is 0 Å². The number of esters is 2. The van der Waals surface area contributed by atoms with E-state index in [9.17, 15) is 9.59 Å². The summed E-state index contributed by atoms with van der Waals surface area (Å²) in [6, 6.07) is 0. The van der Waals surface area contributed by atoms with Gasteiger partial charge in [-0.25, -0.2) is 4.79 Å². The maximum Gasteiger partial charge on any atom is 0.335 e. The lowest BCUT2D eigenvalue weighted by molar-refractivity contribution is -0.147. The second kappa shape index (κ2) is 4.09. The Kier molecular flexibility index (Phi) is 2.66. The van der Waals surface area contributed by atoms with Gasteiger partial charge in [0.25, 0.3) is 0 Å². The number of aliphatic hydroxyl groups is 1. The standard InChI is InChI=1S/C13H16O5/c1-6(4-14)12(15)17-5-9-7-2-8-10(3-7)18-13(16)11(8)9/h7-11,14H,1-5H2. The first kappa shape index (κ1) is 11.7. The lowest BCUT2D eigenvalue weighted by atomic mass is 9.80. The van der Waals surface area contributed by atoms with Gasteiger partial charge in [0.15, 0.2) is 0 Å². The minimum atomic E-state index is -0.580. The molecule has 5 nitrogen and oxygen atoms in total. The van der Waals surface area contributed by atoms with E-state index in [4.69, 9.17) is 14.6 Å². The van der Waals surface area contributed by atoms with Gasteiger partial charge in [-0.15, -0.1) is 0 Å². The van der Waals surface area contributed by atoms with Gasteiger partial charge in [0.2, 0.25) is 0 Å². The predicted octanol–water partition coefficient (Wildman–Crippen LogP) is 0.276. The van der Waals surface area contributed by atoms with Gasteiger partial charge in [-0.1, -0.05) is 6.58 Å². The predicted molar refractivity (Wildman–Crippen MR) is 60.3 cm³/mol. The summed E-state index contributed by atoms with van der Waals surface area (Å²) in [7, 11) is 0. The molecule has 1 N–H and O–H groups in total. The average Bonchev–Trinajstić information content (AvgIpc) is 2.95. The number of rotatable bonds is 4. The van der Waals surface area contributed by atoms with Gasteiger partial charge in [-0.3, -0.25) is 4.79 Å². The zero-order chi connectivity index (χ0) is 12.9. The van der Waals surface area contributed by atoms with Crippen LogP contribution in [0.15, 0.2) is 12.2 Å². The number of hydrogen-bond donors (Lipinski definition) is 1. The van der Waals surface area contributed by atoms with Gasteiger partial charge >= 0.3 is 11.9 Å². The summed E-state index contributed by atoms with van der Waals surface area (Å²) in [4.78, 5) is 23.1. The van der Waals surface area contributed by atoms with E-state index < -0.39 is 12.6 Å². The normalized spacial score (nSPS) is 39.8. The molecular formula is C13H16O5. The number of hydrogen-bond acceptors (Lipinski definition) is 5. The highest BCUT2D eigenvalue weighted by molar-refractivity contribution is 5.88. The van der Waals surface area contributed by atoms with E-state index in [1.54, 1.807) is 0 Å². The molecular weight excluding hydrogens is 236 g/mol. The van der Waals surface area contributed by atoms with E-state index in [1.165, 1.54) is 0 Å². The second-order valence-corrected chi connectivity index (χ2v) is 5.42. The molecule has 0 amide bonds. The molecule has 18 heavy (non-hydrogen) atoms. The summed E-state index contributed by atoms with van der Waals surface area (Å²) in [5, 5.41) is 8.77. The van der Waals surface area contributed by atoms with Crippen molar-refractivity contribution in [3.8, 4) is 0 Å². The van der Waals surface area contributed by atoms with Gasteiger partial charge in [0.05, 0.1) is 24.7 Å². The summed E-state index contributed by atoms with van der Waals surface area (Å²) < 4.78 is 10.4. The molecule has 0 aromatic heterocycles. The molecule has 0 aromatic carbocycles. The third kappa shape index (κ3) is 1.57.